The minimum absolute atomic E-state index is 0.0599. The Kier molecular flexibility index (Phi) is 5.30. The molecule has 1 unspecified atom stereocenters. The Hall–Kier alpha value is -0.950. The normalized spacial score (nSPS) is 19.6. The van der Waals surface area contributed by atoms with Gasteiger partial charge in [-0.1, -0.05) is 27.7 Å². The lowest BCUT2D eigenvalue weighted by molar-refractivity contribution is 0.226. The lowest BCUT2D eigenvalue weighted by Crippen LogP contribution is -2.42. The molecular formula is C19H27IN4. The summed E-state index contributed by atoms with van der Waals surface area (Å²) in [6.07, 6.45) is 2.45. The van der Waals surface area contributed by atoms with Gasteiger partial charge in [0.05, 0.1) is 5.52 Å². The maximum atomic E-state index is 4.91. The van der Waals surface area contributed by atoms with Gasteiger partial charge in [0.15, 0.2) is 0 Å². The maximum Gasteiger partial charge on any atom is 0.137 e. The molecule has 1 saturated heterocycles. The van der Waals surface area contributed by atoms with Gasteiger partial charge in [-0.05, 0) is 66.7 Å². The molecule has 4 nitrogen and oxygen atoms in total. The average molecular weight is 438 g/mol. The second kappa shape index (κ2) is 7.12. The van der Waals surface area contributed by atoms with Crippen LogP contribution >= 0.6 is 22.6 Å². The highest BCUT2D eigenvalue weighted by atomic mass is 127. The van der Waals surface area contributed by atoms with E-state index in [9.17, 15) is 0 Å². The Morgan fingerprint density at radius 2 is 2.08 bits per heavy atom. The van der Waals surface area contributed by atoms with Crippen molar-refractivity contribution in [1.29, 1.82) is 0 Å². The Balaban J connectivity index is 1.99. The Labute approximate surface area is 158 Å². The predicted molar refractivity (Wildman–Crippen MR) is 110 cm³/mol. The first-order chi connectivity index (χ1) is 11.4. The van der Waals surface area contributed by atoms with Crippen molar-refractivity contribution in [3.8, 4) is 0 Å². The molecule has 2 heterocycles. The first kappa shape index (κ1) is 17.9. The molecule has 0 amide bonds. The van der Waals surface area contributed by atoms with E-state index in [1.54, 1.807) is 0 Å². The molecule has 130 valence electrons. The van der Waals surface area contributed by atoms with Crippen molar-refractivity contribution in [3.63, 3.8) is 0 Å². The number of fused-ring (bicyclic) bond motifs is 1. The fourth-order valence-electron chi connectivity index (χ4n) is 3.20. The van der Waals surface area contributed by atoms with Gasteiger partial charge in [-0.2, -0.15) is 0 Å². The van der Waals surface area contributed by atoms with Gasteiger partial charge in [0.2, 0.25) is 0 Å². The molecule has 1 N–H and O–H groups in total. The molecule has 0 bridgehead atoms. The molecule has 2 aromatic rings. The van der Waals surface area contributed by atoms with E-state index in [0.29, 0.717) is 6.04 Å². The number of halogens is 1. The van der Waals surface area contributed by atoms with Gasteiger partial charge in [0, 0.05) is 27.0 Å². The zero-order valence-electron chi connectivity index (χ0n) is 15.1. The van der Waals surface area contributed by atoms with Crippen LogP contribution in [0.1, 0.15) is 46.4 Å². The van der Waals surface area contributed by atoms with Crippen LogP contribution in [0.25, 0.3) is 10.9 Å². The summed E-state index contributed by atoms with van der Waals surface area (Å²) in [6.45, 7) is 12.2. The zero-order valence-corrected chi connectivity index (χ0v) is 17.2. The fourth-order valence-corrected chi connectivity index (χ4v) is 3.69. The first-order valence-corrected chi connectivity index (χ1v) is 9.91. The number of likely N-dealkylation sites (tertiary alicyclic amines) is 1. The highest BCUT2D eigenvalue weighted by molar-refractivity contribution is 14.1. The van der Waals surface area contributed by atoms with Crippen LogP contribution in [-0.4, -0.2) is 40.5 Å². The maximum absolute atomic E-state index is 4.91. The lowest BCUT2D eigenvalue weighted by atomic mass is 9.95. The van der Waals surface area contributed by atoms with Crippen LogP contribution in [0.5, 0.6) is 0 Å². The molecule has 5 heteroatoms. The number of nitrogens with one attached hydrogen (secondary N) is 1. The number of nitrogens with zero attached hydrogens (tertiary/aromatic N) is 3. The molecule has 0 radical (unpaired) electrons. The van der Waals surface area contributed by atoms with Crippen LogP contribution in [0.2, 0.25) is 0 Å². The second-order valence-electron chi connectivity index (χ2n) is 7.68. The van der Waals surface area contributed by atoms with Crippen LogP contribution in [-0.2, 0) is 5.41 Å². The molecule has 1 aromatic carbocycles. The van der Waals surface area contributed by atoms with Gasteiger partial charge in [-0.3, -0.25) is 0 Å². The van der Waals surface area contributed by atoms with E-state index < -0.39 is 0 Å². The first-order valence-electron chi connectivity index (χ1n) is 8.83. The summed E-state index contributed by atoms with van der Waals surface area (Å²) in [7, 11) is 0. The van der Waals surface area contributed by atoms with Crippen molar-refractivity contribution in [3.05, 3.63) is 27.6 Å². The molecule has 1 fully saturated rings. The standard InChI is InChI=1S/C19H27IN4/c1-5-24-10-6-7-14(12-24)21-17-15-11-13(20)8-9-16(15)22-18(23-17)19(2,3)4/h8-9,11,14H,5-7,10,12H2,1-4H3,(H,21,22,23). The predicted octanol–water partition coefficient (Wildman–Crippen LogP) is 4.43. The quantitative estimate of drug-likeness (QED) is 0.721. The summed E-state index contributed by atoms with van der Waals surface area (Å²) in [5.74, 6) is 1.90. The number of piperidine rings is 1. The van der Waals surface area contributed by atoms with Crippen molar-refractivity contribution in [2.24, 2.45) is 0 Å². The molecule has 1 aliphatic heterocycles. The summed E-state index contributed by atoms with van der Waals surface area (Å²) >= 11 is 2.36. The van der Waals surface area contributed by atoms with Crippen molar-refractivity contribution in [2.75, 3.05) is 25.0 Å². The number of hydrogen-bond acceptors (Lipinski definition) is 4. The average Bonchev–Trinajstić information content (AvgIpc) is 2.54. The molecule has 3 rings (SSSR count). The van der Waals surface area contributed by atoms with Gasteiger partial charge in [0.1, 0.15) is 11.6 Å². The Morgan fingerprint density at radius 3 is 2.79 bits per heavy atom. The number of benzene rings is 1. The lowest BCUT2D eigenvalue weighted by Gasteiger charge is -2.33. The molecule has 24 heavy (non-hydrogen) atoms. The van der Waals surface area contributed by atoms with E-state index in [2.05, 4.69) is 78.7 Å². The van der Waals surface area contributed by atoms with Crippen LogP contribution in [0.3, 0.4) is 0 Å². The van der Waals surface area contributed by atoms with Crippen molar-refractivity contribution >= 4 is 39.3 Å². The summed E-state index contributed by atoms with van der Waals surface area (Å²) < 4.78 is 1.22. The zero-order chi connectivity index (χ0) is 17.3. The molecule has 0 spiro atoms. The molecular weight excluding hydrogens is 411 g/mol. The van der Waals surface area contributed by atoms with Gasteiger partial charge in [0.25, 0.3) is 0 Å². The highest BCUT2D eigenvalue weighted by Crippen LogP contribution is 2.28. The van der Waals surface area contributed by atoms with Gasteiger partial charge in [-0.25, -0.2) is 9.97 Å². The van der Waals surface area contributed by atoms with Crippen LogP contribution in [0, 0.1) is 3.57 Å². The summed E-state index contributed by atoms with van der Waals surface area (Å²) in [5, 5.41) is 4.86. The van der Waals surface area contributed by atoms with Crippen molar-refractivity contribution in [2.45, 2.75) is 52.0 Å². The van der Waals surface area contributed by atoms with E-state index in [0.717, 1.165) is 35.6 Å². The number of anilines is 1. The third-order valence-electron chi connectivity index (χ3n) is 4.62. The van der Waals surface area contributed by atoms with Crippen molar-refractivity contribution < 1.29 is 0 Å². The molecule has 1 aromatic heterocycles. The second-order valence-corrected chi connectivity index (χ2v) is 8.93. The van der Waals surface area contributed by atoms with E-state index in [4.69, 9.17) is 9.97 Å². The number of hydrogen-bond donors (Lipinski definition) is 1. The molecule has 0 saturated carbocycles. The third kappa shape index (κ3) is 3.99. The van der Waals surface area contributed by atoms with E-state index in [-0.39, 0.29) is 5.41 Å². The fraction of sp³-hybridized carbons (Fsp3) is 0.579. The topological polar surface area (TPSA) is 41.0 Å². The van der Waals surface area contributed by atoms with Crippen LogP contribution in [0.4, 0.5) is 5.82 Å². The number of aromatic nitrogens is 2. The van der Waals surface area contributed by atoms with E-state index in [1.807, 2.05) is 0 Å². The highest BCUT2D eigenvalue weighted by Gasteiger charge is 2.23. The monoisotopic (exact) mass is 438 g/mol. The minimum Gasteiger partial charge on any atom is -0.365 e. The smallest absolute Gasteiger partial charge is 0.137 e. The summed E-state index contributed by atoms with van der Waals surface area (Å²) in [5.41, 5.74) is 0.969. The Bertz CT molecular complexity index is 723. The largest absolute Gasteiger partial charge is 0.365 e. The van der Waals surface area contributed by atoms with Gasteiger partial charge >= 0.3 is 0 Å². The van der Waals surface area contributed by atoms with E-state index in [1.165, 1.54) is 23.0 Å². The minimum atomic E-state index is -0.0599. The number of likely N-dealkylation sites (N-methyl/N-ethyl adjacent to an activating group) is 1. The Morgan fingerprint density at radius 1 is 1.29 bits per heavy atom. The third-order valence-corrected chi connectivity index (χ3v) is 5.29. The van der Waals surface area contributed by atoms with Gasteiger partial charge < -0.3 is 10.2 Å². The van der Waals surface area contributed by atoms with Crippen molar-refractivity contribution in [1.82, 2.24) is 14.9 Å². The SMILES string of the molecule is CCN1CCCC(Nc2nc(C(C)(C)C)nc3ccc(I)cc23)C1. The summed E-state index contributed by atoms with van der Waals surface area (Å²) in [4.78, 5) is 12.2. The van der Waals surface area contributed by atoms with Gasteiger partial charge in [-0.15, -0.1) is 0 Å². The van der Waals surface area contributed by atoms with Crippen LogP contribution in [0.15, 0.2) is 18.2 Å². The molecule has 1 atom stereocenters. The molecule has 0 aliphatic carbocycles. The van der Waals surface area contributed by atoms with E-state index >= 15 is 0 Å². The van der Waals surface area contributed by atoms with Crippen LogP contribution < -0.4 is 5.32 Å². The number of rotatable bonds is 3. The molecule has 1 aliphatic rings. The summed E-state index contributed by atoms with van der Waals surface area (Å²) in [6, 6.07) is 6.87.